The fourth-order valence-electron chi connectivity index (χ4n) is 2.94. The van der Waals surface area contributed by atoms with Crippen molar-refractivity contribution in [2.75, 3.05) is 0 Å². The van der Waals surface area contributed by atoms with Gasteiger partial charge in [-0.3, -0.25) is 4.98 Å². The highest BCUT2D eigenvalue weighted by Gasteiger charge is 2.25. The normalized spacial score (nSPS) is 21.7. The number of aromatic nitrogens is 1. The van der Waals surface area contributed by atoms with Crippen molar-refractivity contribution in [3.63, 3.8) is 0 Å². The Hall–Kier alpha value is -1.62. The van der Waals surface area contributed by atoms with Gasteiger partial charge in [0.2, 0.25) is 0 Å². The van der Waals surface area contributed by atoms with Gasteiger partial charge in [0, 0.05) is 30.5 Å². The Morgan fingerprint density at radius 1 is 1.35 bits per heavy atom. The lowest BCUT2D eigenvalue weighted by Gasteiger charge is -2.31. The van der Waals surface area contributed by atoms with Crippen LogP contribution in [0.3, 0.4) is 0 Å². The van der Waals surface area contributed by atoms with E-state index in [-0.39, 0.29) is 12.1 Å². The van der Waals surface area contributed by atoms with Crippen molar-refractivity contribution < 1.29 is 9.53 Å². The molecule has 1 saturated carbocycles. The lowest BCUT2D eigenvalue weighted by molar-refractivity contribution is 0.0488. The molecule has 1 heterocycles. The number of carbonyl (C=O) groups excluding carboxylic acids is 1. The summed E-state index contributed by atoms with van der Waals surface area (Å²) in [5.74, 6) is 0. The molecular formula is C18H29N3O2. The minimum absolute atomic E-state index is 0.186. The van der Waals surface area contributed by atoms with Gasteiger partial charge in [-0.1, -0.05) is 6.07 Å². The SMILES string of the molecule is Cc1ncccc1CNC1CCCC(NC(=O)OC(C)(C)C)C1. The van der Waals surface area contributed by atoms with E-state index in [1.165, 1.54) is 5.56 Å². The van der Waals surface area contributed by atoms with E-state index in [1.807, 2.05) is 40.0 Å². The maximum Gasteiger partial charge on any atom is 0.407 e. The van der Waals surface area contributed by atoms with Crippen LogP contribution in [0, 0.1) is 6.92 Å². The van der Waals surface area contributed by atoms with E-state index < -0.39 is 5.60 Å². The first-order chi connectivity index (χ1) is 10.8. The first kappa shape index (κ1) is 17.7. The molecule has 1 fully saturated rings. The fraction of sp³-hybridized carbons (Fsp3) is 0.667. The molecule has 2 unspecified atom stereocenters. The van der Waals surface area contributed by atoms with Crippen LogP contribution < -0.4 is 10.6 Å². The Bertz CT molecular complexity index is 525. The molecule has 5 heteroatoms. The number of nitrogens with zero attached hydrogens (tertiary/aromatic N) is 1. The van der Waals surface area contributed by atoms with E-state index in [4.69, 9.17) is 4.74 Å². The lowest BCUT2D eigenvalue weighted by atomic mass is 9.91. The molecule has 0 aliphatic heterocycles. The molecule has 2 atom stereocenters. The van der Waals surface area contributed by atoms with Crippen LogP contribution in [0.1, 0.15) is 57.7 Å². The van der Waals surface area contributed by atoms with Crippen LogP contribution in [-0.2, 0) is 11.3 Å². The molecule has 2 N–H and O–H groups in total. The van der Waals surface area contributed by atoms with Gasteiger partial charge in [0.25, 0.3) is 0 Å². The van der Waals surface area contributed by atoms with Gasteiger partial charge in [-0.05, 0) is 65.0 Å². The zero-order valence-electron chi connectivity index (χ0n) is 14.7. The number of aryl methyl sites for hydroxylation is 1. The first-order valence-corrected chi connectivity index (χ1v) is 8.47. The second-order valence-corrected chi connectivity index (χ2v) is 7.34. The van der Waals surface area contributed by atoms with Gasteiger partial charge >= 0.3 is 6.09 Å². The van der Waals surface area contributed by atoms with Crippen LogP contribution in [-0.4, -0.2) is 28.8 Å². The summed E-state index contributed by atoms with van der Waals surface area (Å²) in [6.07, 6.45) is 5.73. The van der Waals surface area contributed by atoms with Crippen molar-refractivity contribution in [3.8, 4) is 0 Å². The summed E-state index contributed by atoms with van der Waals surface area (Å²) in [6, 6.07) is 4.68. The summed E-state index contributed by atoms with van der Waals surface area (Å²) < 4.78 is 5.34. The average molecular weight is 319 g/mol. The number of rotatable bonds is 4. The summed E-state index contributed by atoms with van der Waals surface area (Å²) in [4.78, 5) is 16.2. The minimum Gasteiger partial charge on any atom is -0.444 e. The Kier molecular flexibility index (Phi) is 5.99. The topological polar surface area (TPSA) is 63.2 Å². The van der Waals surface area contributed by atoms with E-state index in [9.17, 15) is 4.79 Å². The molecule has 0 saturated heterocycles. The second-order valence-electron chi connectivity index (χ2n) is 7.34. The highest BCUT2D eigenvalue weighted by Crippen LogP contribution is 2.20. The number of pyridine rings is 1. The third-order valence-electron chi connectivity index (χ3n) is 4.09. The summed E-state index contributed by atoms with van der Waals surface area (Å²) in [7, 11) is 0. The summed E-state index contributed by atoms with van der Waals surface area (Å²) in [5, 5.41) is 6.60. The number of hydrogen-bond acceptors (Lipinski definition) is 4. The molecule has 1 aliphatic rings. The van der Waals surface area contributed by atoms with Crippen LogP contribution >= 0.6 is 0 Å². The molecule has 1 amide bonds. The van der Waals surface area contributed by atoms with E-state index in [0.717, 1.165) is 37.9 Å². The largest absolute Gasteiger partial charge is 0.444 e. The molecule has 1 aromatic heterocycles. The Morgan fingerprint density at radius 3 is 2.78 bits per heavy atom. The highest BCUT2D eigenvalue weighted by molar-refractivity contribution is 5.68. The lowest BCUT2D eigenvalue weighted by Crippen LogP contribution is -2.45. The van der Waals surface area contributed by atoms with Gasteiger partial charge in [0.1, 0.15) is 5.60 Å². The average Bonchev–Trinajstić information content (AvgIpc) is 2.45. The third-order valence-corrected chi connectivity index (χ3v) is 4.09. The quantitative estimate of drug-likeness (QED) is 0.893. The third kappa shape index (κ3) is 6.18. The zero-order chi connectivity index (χ0) is 16.9. The van der Waals surface area contributed by atoms with Crippen LogP contribution in [0.5, 0.6) is 0 Å². The zero-order valence-corrected chi connectivity index (χ0v) is 14.7. The van der Waals surface area contributed by atoms with Crippen LogP contribution in [0.2, 0.25) is 0 Å². The molecule has 1 aliphatic carbocycles. The molecular weight excluding hydrogens is 290 g/mol. The number of ether oxygens (including phenoxy) is 1. The standard InChI is InChI=1S/C18H29N3O2/c1-13-14(7-6-10-19-13)12-20-15-8-5-9-16(11-15)21-17(22)23-18(2,3)4/h6-7,10,15-16,20H,5,8-9,11-12H2,1-4H3,(H,21,22). The van der Waals surface area contributed by atoms with Gasteiger partial charge in [-0.15, -0.1) is 0 Å². The molecule has 0 spiro atoms. The Balaban J connectivity index is 1.79. The van der Waals surface area contributed by atoms with Gasteiger partial charge in [-0.25, -0.2) is 4.79 Å². The maximum atomic E-state index is 11.9. The van der Waals surface area contributed by atoms with Crippen LogP contribution in [0.15, 0.2) is 18.3 Å². The maximum absolute atomic E-state index is 11.9. The molecule has 23 heavy (non-hydrogen) atoms. The van der Waals surface area contributed by atoms with Crippen molar-refractivity contribution in [1.29, 1.82) is 0 Å². The van der Waals surface area contributed by atoms with Crippen molar-refractivity contribution in [2.24, 2.45) is 0 Å². The van der Waals surface area contributed by atoms with E-state index in [1.54, 1.807) is 0 Å². The van der Waals surface area contributed by atoms with Gasteiger partial charge in [0.15, 0.2) is 0 Å². The highest BCUT2D eigenvalue weighted by atomic mass is 16.6. The smallest absolute Gasteiger partial charge is 0.407 e. The molecule has 1 aromatic rings. The molecule has 5 nitrogen and oxygen atoms in total. The fourth-order valence-corrected chi connectivity index (χ4v) is 2.94. The summed E-state index contributed by atoms with van der Waals surface area (Å²) in [6.45, 7) is 8.50. The van der Waals surface area contributed by atoms with Crippen LogP contribution in [0.25, 0.3) is 0 Å². The number of nitrogens with one attached hydrogen (secondary N) is 2. The van der Waals surface area contributed by atoms with Crippen LogP contribution in [0.4, 0.5) is 4.79 Å². The molecule has 2 rings (SSSR count). The molecule has 0 radical (unpaired) electrons. The van der Waals surface area contributed by atoms with E-state index >= 15 is 0 Å². The minimum atomic E-state index is -0.450. The second kappa shape index (κ2) is 7.77. The van der Waals surface area contributed by atoms with E-state index in [2.05, 4.69) is 21.7 Å². The monoisotopic (exact) mass is 319 g/mol. The summed E-state index contributed by atoms with van der Waals surface area (Å²) in [5.41, 5.74) is 1.85. The molecule has 0 bridgehead atoms. The number of carbonyl (C=O) groups is 1. The summed E-state index contributed by atoms with van der Waals surface area (Å²) >= 11 is 0. The van der Waals surface area contributed by atoms with Gasteiger partial charge in [0.05, 0.1) is 0 Å². The number of amides is 1. The van der Waals surface area contributed by atoms with Crippen molar-refractivity contribution in [2.45, 2.75) is 77.6 Å². The number of alkyl carbamates (subject to hydrolysis) is 1. The van der Waals surface area contributed by atoms with E-state index in [0.29, 0.717) is 6.04 Å². The predicted molar refractivity (Wildman–Crippen MR) is 91.2 cm³/mol. The number of hydrogen-bond donors (Lipinski definition) is 2. The Labute approximate surface area is 139 Å². The van der Waals surface area contributed by atoms with Crippen molar-refractivity contribution >= 4 is 6.09 Å². The van der Waals surface area contributed by atoms with Gasteiger partial charge in [-0.2, -0.15) is 0 Å². The Morgan fingerprint density at radius 2 is 2.09 bits per heavy atom. The molecule has 128 valence electrons. The van der Waals surface area contributed by atoms with Crippen molar-refractivity contribution in [3.05, 3.63) is 29.6 Å². The van der Waals surface area contributed by atoms with Gasteiger partial charge < -0.3 is 15.4 Å². The predicted octanol–water partition coefficient (Wildman–Crippen LogP) is 3.32. The van der Waals surface area contributed by atoms with Crippen molar-refractivity contribution in [1.82, 2.24) is 15.6 Å². The molecule has 0 aromatic carbocycles. The first-order valence-electron chi connectivity index (χ1n) is 8.47.